The highest BCUT2D eigenvalue weighted by molar-refractivity contribution is 6.15. The van der Waals surface area contributed by atoms with Crippen LogP contribution in [0.4, 0.5) is 0 Å². The smallest absolute Gasteiger partial charge is 0.164 e. The summed E-state index contributed by atoms with van der Waals surface area (Å²) in [5.74, 6) is 1.86. The number of hydrogen-bond acceptors (Lipinski definition) is 4. The van der Waals surface area contributed by atoms with E-state index in [-0.39, 0.29) is 0 Å². The van der Waals surface area contributed by atoms with E-state index in [1.54, 1.807) is 0 Å². The lowest BCUT2D eigenvalue weighted by Gasteiger charge is -2.11. The van der Waals surface area contributed by atoms with Crippen LogP contribution in [0.2, 0.25) is 0 Å². The largest absolute Gasteiger partial charge is 0.455 e. The first-order valence-electron chi connectivity index (χ1n) is 15.7. The highest BCUT2D eigenvalue weighted by Crippen LogP contribution is 2.42. The quantitative estimate of drug-likeness (QED) is 0.197. The molecule has 47 heavy (non-hydrogen) atoms. The number of hydrogen-bond donors (Lipinski definition) is 0. The molecular weight excluding hydrogens is 574 g/mol. The van der Waals surface area contributed by atoms with E-state index in [1.165, 1.54) is 21.9 Å². The maximum atomic E-state index is 6.63. The molecule has 0 saturated carbocycles. The topological polar surface area (TPSA) is 51.8 Å². The molecule has 0 fully saturated rings. The Morgan fingerprint density at radius 3 is 1.57 bits per heavy atom. The third-order valence-corrected chi connectivity index (χ3v) is 8.76. The summed E-state index contributed by atoms with van der Waals surface area (Å²) in [5.41, 5.74) is 8.90. The van der Waals surface area contributed by atoms with Gasteiger partial charge in [0, 0.05) is 33.0 Å². The summed E-state index contributed by atoms with van der Waals surface area (Å²) < 4.78 is 6.63. The molecule has 0 radical (unpaired) electrons. The Morgan fingerprint density at radius 2 is 0.872 bits per heavy atom. The van der Waals surface area contributed by atoms with Crippen LogP contribution < -0.4 is 0 Å². The Hall–Kier alpha value is -6.39. The second kappa shape index (κ2) is 11.2. The molecule has 220 valence electrons. The molecule has 4 nitrogen and oxygen atoms in total. The van der Waals surface area contributed by atoms with E-state index in [1.807, 2.05) is 78.9 Å². The Bertz CT molecular complexity index is 2490. The summed E-state index contributed by atoms with van der Waals surface area (Å²) in [5, 5.41) is 4.49. The van der Waals surface area contributed by atoms with Gasteiger partial charge in [-0.3, -0.25) is 0 Å². The van der Waals surface area contributed by atoms with Gasteiger partial charge in [-0.05, 0) is 45.7 Å². The van der Waals surface area contributed by atoms with Gasteiger partial charge in [0.2, 0.25) is 0 Å². The predicted molar refractivity (Wildman–Crippen MR) is 192 cm³/mol. The average Bonchev–Trinajstić information content (AvgIpc) is 3.55. The van der Waals surface area contributed by atoms with Crippen LogP contribution in [0.3, 0.4) is 0 Å². The Kier molecular flexibility index (Phi) is 6.43. The van der Waals surface area contributed by atoms with Crippen molar-refractivity contribution >= 4 is 32.7 Å². The fraction of sp³-hybridized carbons (Fsp3) is 0. The molecule has 0 bridgehead atoms. The molecule has 0 aliphatic heterocycles. The van der Waals surface area contributed by atoms with Gasteiger partial charge in [-0.25, -0.2) is 15.0 Å². The summed E-state index contributed by atoms with van der Waals surface area (Å²) in [7, 11) is 0. The Balaban J connectivity index is 1.23. The van der Waals surface area contributed by atoms with Crippen LogP contribution in [0.15, 0.2) is 168 Å². The highest BCUT2D eigenvalue weighted by atomic mass is 16.3. The number of rotatable bonds is 5. The van der Waals surface area contributed by atoms with Gasteiger partial charge in [-0.2, -0.15) is 0 Å². The second-order valence-corrected chi connectivity index (χ2v) is 11.6. The van der Waals surface area contributed by atoms with Gasteiger partial charge in [0.15, 0.2) is 17.5 Å². The molecule has 0 aliphatic carbocycles. The number of aromatic nitrogens is 3. The SMILES string of the molecule is c1ccc(-c2nc(-c3ccccc3)nc(-c3ccc(-c4ccc(-c5cccc6ccccc56)cc4)c4oc5ccccc5c34)n2)cc1. The van der Waals surface area contributed by atoms with Crippen molar-refractivity contribution in [1.29, 1.82) is 0 Å². The van der Waals surface area contributed by atoms with Crippen LogP contribution in [0, 0.1) is 0 Å². The van der Waals surface area contributed by atoms with Crippen molar-refractivity contribution in [2.45, 2.75) is 0 Å². The van der Waals surface area contributed by atoms with Crippen LogP contribution in [-0.4, -0.2) is 15.0 Å². The zero-order valence-corrected chi connectivity index (χ0v) is 25.3. The summed E-state index contributed by atoms with van der Waals surface area (Å²) in [6, 6.07) is 56.3. The Labute approximate surface area is 271 Å². The average molecular weight is 602 g/mol. The number of fused-ring (bicyclic) bond motifs is 4. The maximum absolute atomic E-state index is 6.63. The van der Waals surface area contributed by atoms with Gasteiger partial charge in [-0.15, -0.1) is 0 Å². The van der Waals surface area contributed by atoms with Crippen molar-refractivity contribution in [2.75, 3.05) is 0 Å². The third-order valence-electron chi connectivity index (χ3n) is 8.76. The van der Waals surface area contributed by atoms with Crippen molar-refractivity contribution < 1.29 is 4.42 Å². The molecule has 0 amide bonds. The summed E-state index contributed by atoms with van der Waals surface area (Å²) >= 11 is 0. The van der Waals surface area contributed by atoms with Crippen molar-refractivity contribution in [3.63, 3.8) is 0 Å². The predicted octanol–water partition coefficient (Wildman–Crippen LogP) is 11.3. The van der Waals surface area contributed by atoms with E-state index in [0.29, 0.717) is 17.5 Å². The van der Waals surface area contributed by atoms with Crippen LogP contribution in [0.1, 0.15) is 0 Å². The molecule has 4 heteroatoms. The lowest BCUT2D eigenvalue weighted by atomic mass is 9.94. The van der Waals surface area contributed by atoms with E-state index in [4.69, 9.17) is 19.4 Å². The minimum absolute atomic E-state index is 0.604. The molecule has 2 aromatic heterocycles. The van der Waals surface area contributed by atoms with Gasteiger partial charge < -0.3 is 4.42 Å². The number of benzene rings is 7. The van der Waals surface area contributed by atoms with E-state index in [9.17, 15) is 0 Å². The first kappa shape index (κ1) is 27.0. The standard InChI is InChI=1S/C43H27N3O/c1-3-13-31(14-4-1)41-44-42(32-15-5-2-6-16-32)46-43(45-41)37-27-26-35(40-39(37)36-19-9-10-21-38(36)47-40)30-24-22-29(23-25-30)34-20-11-17-28-12-7-8-18-33(28)34/h1-27H. The fourth-order valence-electron chi connectivity index (χ4n) is 6.48. The van der Waals surface area contributed by atoms with E-state index < -0.39 is 0 Å². The second-order valence-electron chi connectivity index (χ2n) is 11.6. The van der Waals surface area contributed by atoms with Crippen LogP contribution in [-0.2, 0) is 0 Å². The van der Waals surface area contributed by atoms with E-state index in [2.05, 4.69) is 84.9 Å². The molecule has 0 atom stereocenters. The summed E-state index contributed by atoms with van der Waals surface area (Å²) in [6.07, 6.45) is 0. The molecule has 0 saturated heterocycles. The number of para-hydroxylation sites is 1. The molecular formula is C43H27N3O. The lowest BCUT2D eigenvalue weighted by molar-refractivity contribution is 0.670. The van der Waals surface area contributed by atoms with Crippen molar-refractivity contribution in [1.82, 2.24) is 15.0 Å². The van der Waals surface area contributed by atoms with Crippen LogP contribution >= 0.6 is 0 Å². The summed E-state index contributed by atoms with van der Waals surface area (Å²) in [6.45, 7) is 0. The molecule has 9 aromatic rings. The van der Waals surface area contributed by atoms with Gasteiger partial charge in [0.05, 0.1) is 0 Å². The van der Waals surface area contributed by atoms with E-state index >= 15 is 0 Å². The molecule has 0 aliphatic rings. The van der Waals surface area contributed by atoms with E-state index in [0.717, 1.165) is 49.8 Å². The van der Waals surface area contributed by atoms with Gasteiger partial charge in [-0.1, -0.05) is 146 Å². The molecule has 7 aromatic carbocycles. The first-order chi connectivity index (χ1) is 23.3. The van der Waals surface area contributed by atoms with Gasteiger partial charge >= 0.3 is 0 Å². The lowest BCUT2D eigenvalue weighted by Crippen LogP contribution is -2.00. The molecule has 0 unspecified atom stereocenters. The third kappa shape index (κ3) is 4.75. The van der Waals surface area contributed by atoms with Crippen molar-refractivity contribution in [2.24, 2.45) is 0 Å². The molecule has 2 heterocycles. The first-order valence-corrected chi connectivity index (χ1v) is 15.7. The normalized spacial score (nSPS) is 11.4. The molecule has 9 rings (SSSR count). The Morgan fingerprint density at radius 1 is 0.340 bits per heavy atom. The minimum atomic E-state index is 0.604. The van der Waals surface area contributed by atoms with Gasteiger partial charge in [0.1, 0.15) is 11.2 Å². The molecule has 0 spiro atoms. The number of furan rings is 1. The fourth-order valence-corrected chi connectivity index (χ4v) is 6.48. The zero-order chi connectivity index (χ0) is 31.2. The van der Waals surface area contributed by atoms with Crippen molar-refractivity contribution in [3.05, 3.63) is 164 Å². The maximum Gasteiger partial charge on any atom is 0.164 e. The molecule has 0 N–H and O–H groups in total. The van der Waals surface area contributed by atoms with Crippen molar-refractivity contribution in [3.8, 4) is 56.4 Å². The van der Waals surface area contributed by atoms with Crippen LogP contribution in [0.5, 0.6) is 0 Å². The summed E-state index contributed by atoms with van der Waals surface area (Å²) in [4.78, 5) is 15.0. The monoisotopic (exact) mass is 601 g/mol. The highest BCUT2D eigenvalue weighted by Gasteiger charge is 2.20. The van der Waals surface area contributed by atoms with Crippen LogP contribution in [0.25, 0.3) is 89.1 Å². The zero-order valence-electron chi connectivity index (χ0n) is 25.3. The number of nitrogens with zero attached hydrogens (tertiary/aromatic N) is 3. The minimum Gasteiger partial charge on any atom is -0.455 e. The van der Waals surface area contributed by atoms with Gasteiger partial charge in [0.25, 0.3) is 0 Å².